The van der Waals surface area contributed by atoms with Crippen molar-refractivity contribution in [2.24, 2.45) is 7.05 Å². The van der Waals surface area contributed by atoms with Crippen LogP contribution in [-0.2, 0) is 11.8 Å². The second kappa shape index (κ2) is 5.92. The van der Waals surface area contributed by atoms with Gasteiger partial charge in [-0.05, 0) is 24.1 Å². The van der Waals surface area contributed by atoms with Gasteiger partial charge in [-0.3, -0.25) is 4.68 Å². The maximum atomic E-state index is 6.02. The average molecular weight is 345 g/mol. The Morgan fingerprint density at radius 3 is 2.88 bits per heavy atom. The number of hydrogen-bond acceptors (Lipinski definition) is 6. The molecule has 0 aliphatic carbocycles. The maximum absolute atomic E-state index is 6.02. The first-order valence-corrected chi connectivity index (χ1v) is 8.08. The molecule has 4 rings (SSSR count). The van der Waals surface area contributed by atoms with Crippen LogP contribution in [0.15, 0.2) is 30.5 Å². The van der Waals surface area contributed by atoms with Gasteiger partial charge in [-0.15, -0.1) is 0 Å². The number of rotatable bonds is 3. The van der Waals surface area contributed by atoms with Crippen LogP contribution in [0.3, 0.4) is 0 Å². The first-order valence-electron chi connectivity index (χ1n) is 7.70. The Kier molecular flexibility index (Phi) is 3.74. The Morgan fingerprint density at radius 2 is 2.08 bits per heavy atom. The molecule has 1 aliphatic rings. The lowest BCUT2D eigenvalue weighted by atomic mass is 10.0. The summed E-state index contributed by atoms with van der Waals surface area (Å²) in [5.41, 5.74) is 7.79. The van der Waals surface area contributed by atoms with Crippen molar-refractivity contribution in [3.05, 3.63) is 41.0 Å². The fraction of sp³-hybridized carbons (Fsp3) is 0.312. The molecule has 24 heavy (non-hydrogen) atoms. The van der Waals surface area contributed by atoms with Gasteiger partial charge in [0.2, 0.25) is 5.95 Å². The van der Waals surface area contributed by atoms with Gasteiger partial charge >= 0.3 is 0 Å². The molecule has 2 unspecified atom stereocenters. The molecule has 0 bridgehead atoms. The third-order valence-electron chi connectivity index (χ3n) is 4.23. The smallest absolute Gasteiger partial charge is 0.227 e. The third-order valence-corrected chi connectivity index (χ3v) is 4.48. The molecule has 2 atom stereocenters. The van der Waals surface area contributed by atoms with Crippen LogP contribution in [0.1, 0.15) is 18.1 Å². The molecule has 7 nitrogen and oxygen atoms in total. The zero-order valence-electron chi connectivity index (χ0n) is 13.1. The number of fused-ring (bicyclic) bond motifs is 1. The number of ether oxygens (including phenoxy) is 1. The van der Waals surface area contributed by atoms with Gasteiger partial charge in [0.15, 0.2) is 5.65 Å². The number of nitrogens with two attached hydrogens (primary N) is 1. The predicted molar refractivity (Wildman–Crippen MR) is 92.9 cm³/mol. The number of hydrogen-bond donors (Lipinski definition) is 2. The van der Waals surface area contributed by atoms with Crippen molar-refractivity contribution in [1.29, 1.82) is 0 Å². The number of nitrogens with one attached hydrogen (secondary N) is 1. The zero-order chi connectivity index (χ0) is 16.7. The van der Waals surface area contributed by atoms with Crippen LogP contribution >= 0.6 is 11.6 Å². The number of aromatic nitrogens is 4. The second-order valence-electron chi connectivity index (χ2n) is 5.82. The minimum absolute atomic E-state index is 0.0660. The molecule has 0 radical (unpaired) electrons. The van der Waals surface area contributed by atoms with Gasteiger partial charge in [-0.1, -0.05) is 23.7 Å². The first kappa shape index (κ1) is 15.2. The van der Waals surface area contributed by atoms with Gasteiger partial charge in [-0.25, -0.2) is 0 Å². The lowest BCUT2D eigenvalue weighted by Gasteiger charge is -2.20. The van der Waals surface area contributed by atoms with Gasteiger partial charge in [0.25, 0.3) is 0 Å². The van der Waals surface area contributed by atoms with E-state index >= 15 is 0 Å². The van der Waals surface area contributed by atoms with Crippen LogP contribution < -0.4 is 11.1 Å². The topological polar surface area (TPSA) is 90.9 Å². The van der Waals surface area contributed by atoms with E-state index in [0.717, 1.165) is 17.4 Å². The summed E-state index contributed by atoms with van der Waals surface area (Å²) in [4.78, 5) is 8.87. The number of halogens is 1. The van der Waals surface area contributed by atoms with Crippen molar-refractivity contribution in [3.63, 3.8) is 0 Å². The van der Waals surface area contributed by atoms with Gasteiger partial charge in [0.05, 0.1) is 17.6 Å². The highest BCUT2D eigenvalue weighted by molar-refractivity contribution is 6.30. The van der Waals surface area contributed by atoms with E-state index in [1.165, 1.54) is 0 Å². The average Bonchev–Trinajstić information content (AvgIpc) is 3.16. The number of aryl methyl sites for hydroxylation is 1. The standard InChI is InChI=1S/C16H17ClN6O/c1-23-15-11(8-19-23)14(18)21-16(22-15)20-12-6-7-24-13(12)9-2-4-10(17)5-3-9/h2-5,8,12-13H,6-7H2,1H3,(H3,18,20,21,22). The second-order valence-corrected chi connectivity index (χ2v) is 6.26. The van der Waals surface area contributed by atoms with E-state index in [2.05, 4.69) is 20.4 Å². The number of benzene rings is 1. The van der Waals surface area contributed by atoms with Crippen LogP contribution in [0.5, 0.6) is 0 Å². The summed E-state index contributed by atoms with van der Waals surface area (Å²) in [6, 6.07) is 7.76. The molecule has 8 heteroatoms. The summed E-state index contributed by atoms with van der Waals surface area (Å²) < 4.78 is 7.56. The van der Waals surface area contributed by atoms with Crippen LogP contribution in [0, 0.1) is 0 Å². The monoisotopic (exact) mass is 344 g/mol. The Labute approximate surface area is 143 Å². The molecule has 1 saturated heterocycles. The van der Waals surface area contributed by atoms with Crippen LogP contribution in [0.2, 0.25) is 5.02 Å². The molecule has 1 aromatic carbocycles. The van der Waals surface area contributed by atoms with E-state index in [-0.39, 0.29) is 12.1 Å². The molecular formula is C16H17ClN6O. The van der Waals surface area contributed by atoms with E-state index in [0.29, 0.717) is 29.0 Å². The van der Waals surface area contributed by atoms with Crippen molar-refractivity contribution in [1.82, 2.24) is 19.7 Å². The summed E-state index contributed by atoms with van der Waals surface area (Å²) >= 11 is 5.96. The quantitative estimate of drug-likeness (QED) is 0.758. The van der Waals surface area contributed by atoms with E-state index < -0.39 is 0 Å². The van der Waals surface area contributed by atoms with E-state index in [4.69, 9.17) is 22.1 Å². The van der Waals surface area contributed by atoms with Crippen molar-refractivity contribution in [2.75, 3.05) is 17.7 Å². The highest BCUT2D eigenvalue weighted by Gasteiger charge is 2.30. The summed E-state index contributed by atoms with van der Waals surface area (Å²) in [7, 11) is 1.83. The molecule has 1 aliphatic heterocycles. The van der Waals surface area contributed by atoms with Crippen molar-refractivity contribution >= 4 is 34.4 Å². The van der Waals surface area contributed by atoms with E-state index in [1.54, 1.807) is 10.9 Å². The van der Waals surface area contributed by atoms with Crippen molar-refractivity contribution in [2.45, 2.75) is 18.6 Å². The molecule has 3 aromatic rings. The highest BCUT2D eigenvalue weighted by Crippen LogP contribution is 2.32. The highest BCUT2D eigenvalue weighted by atomic mass is 35.5. The predicted octanol–water partition coefficient (Wildman–Crippen LogP) is 2.54. The number of anilines is 2. The molecule has 124 valence electrons. The lowest BCUT2D eigenvalue weighted by Crippen LogP contribution is -2.24. The van der Waals surface area contributed by atoms with Crippen LogP contribution in [0.25, 0.3) is 11.0 Å². The fourth-order valence-electron chi connectivity index (χ4n) is 2.99. The molecule has 1 fully saturated rings. The Hall–Kier alpha value is -2.38. The Balaban J connectivity index is 1.62. The molecule has 3 heterocycles. The molecule has 0 saturated carbocycles. The summed E-state index contributed by atoms with van der Waals surface area (Å²) in [6.07, 6.45) is 2.46. The number of nitrogens with zero attached hydrogens (tertiary/aromatic N) is 4. The minimum atomic E-state index is -0.0747. The van der Waals surface area contributed by atoms with Gasteiger partial charge in [0.1, 0.15) is 11.9 Å². The largest absolute Gasteiger partial charge is 0.383 e. The van der Waals surface area contributed by atoms with Crippen LogP contribution in [-0.4, -0.2) is 32.4 Å². The number of nitrogen functional groups attached to an aromatic ring is 1. The maximum Gasteiger partial charge on any atom is 0.227 e. The van der Waals surface area contributed by atoms with E-state index in [1.807, 2.05) is 31.3 Å². The van der Waals surface area contributed by atoms with Crippen LogP contribution in [0.4, 0.5) is 11.8 Å². The molecular weight excluding hydrogens is 328 g/mol. The summed E-state index contributed by atoms with van der Waals surface area (Å²) in [5, 5.41) is 8.98. The molecule has 0 spiro atoms. The third kappa shape index (κ3) is 2.65. The summed E-state index contributed by atoms with van der Waals surface area (Å²) in [6.45, 7) is 0.675. The molecule has 3 N–H and O–H groups in total. The fourth-order valence-corrected chi connectivity index (χ4v) is 3.12. The summed E-state index contributed by atoms with van der Waals surface area (Å²) in [5.74, 6) is 0.899. The van der Waals surface area contributed by atoms with Gasteiger partial charge in [-0.2, -0.15) is 15.1 Å². The lowest BCUT2D eigenvalue weighted by molar-refractivity contribution is 0.107. The first-order chi connectivity index (χ1) is 11.6. The van der Waals surface area contributed by atoms with Crippen molar-refractivity contribution < 1.29 is 4.74 Å². The zero-order valence-corrected chi connectivity index (χ0v) is 13.9. The minimum Gasteiger partial charge on any atom is -0.383 e. The Morgan fingerprint density at radius 1 is 1.29 bits per heavy atom. The van der Waals surface area contributed by atoms with E-state index in [9.17, 15) is 0 Å². The normalized spacial score (nSPS) is 20.6. The molecule has 0 amide bonds. The van der Waals surface area contributed by atoms with Gasteiger partial charge in [0, 0.05) is 18.7 Å². The SMILES string of the molecule is Cn1ncc2c(N)nc(NC3CCOC3c3ccc(Cl)cc3)nc21. The molecule has 2 aromatic heterocycles. The Bertz CT molecular complexity index is 878. The van der Waals surface area contributed by atoms with Gasteiger partial charge < -0.3 is 15.8 Å². The van der Waals surface area contributed by atoms with Crippen molar-refractivity contribution in [3.8, 4) is 0 Å².